The van der Waals surface area contributed by atoms with Gasteiger partial charge in [0.15, 0.2) is 0 Å². The largest absolute Gasteiger partial charge is 0.478 e. The zero-order valence-electron chi connectivity index (χ0n) is 11.1. The summed E-state index contributed by atoms with van der Waals surface area (Å²) in [6.45, 7) is 7.09. The highest BCUT2D eigenvalue weighted by molar-refractivity contribution is 5.87. The fourth-order valence-corrected chi connectivity index (χ4v) is 1.75. The van der Waals surface area contributed by atoms with Crippen molar-refractivity contribution >= 4 is 5.97 Å². The lowest BCUT2D eigenvalue weighted by molar-refractivity contribution is 0.0697. The number of nitrogens with zero attached hydrogens (tertiary/aromatic N) is 1. The molecular weight excluding hydrogens is 226 g/mol. The third kappa shape index (κ3) is 4.24. The van der Waals surface area contributed by atoms with Crippen LogP contribution in [0, 0.1) is 0 Å². The Morgan fingerprint density at radius 2 is 1.94 bits per heavy atom. The number of allylic oxidation sites excluding steroid dienone is 1. The van der Waals surface area contributed by atoms with Gasteiger partial charge in [0, 0.05) is 19.3 Å². The fraction of sp³-hybridized carbons (Fsp3) is 0.400. The molecule has 1 aromatic carbocycles. The predicted octanol–water partition coefficient (Wildman–Crippen LogP) is 3.17. The molecule has 0 atom stereocenters. The van der Waals surface area contributed by atoms with Crippen LogP contribution < -0.4 is 0 Å². The summed E-state index contributed by atoms with van der Waals surface area (Å²) in [5, 5.41) is 8.81. The van der Waals surface area contributed by atoms with Gasteiger partial charge in [-0.05, 0) is 30.5 Å². The van der Waals surface area contributed by atoms with Crippen molar-refractivity contribution in [1.29, 1.82) is 0 Å². The lowest BCUT2D eigenvalue weighted by Gasteiger charge is -2.21. The summed E-state index contributed by atoms with van der Waals surface area (Å²) >= 11 is 0. The molecule has 0 radical (unpaired) electrons. The number of likely N-dealkylation sites (N-methyl/N-ethyl adjacent to an activating group) is 1. The van der Waals surface area contributed by atoms with E-state index < -0.39 is 5.97 Å². The summed E-state index contributed by atoms with van der Waals surface area (Å²) in [7, 11) is 2.05. The molecule has 0 fully saturated rings. The topological polar surface area (TPSA) is 40.5 Å². The molecule has 1 aromatic rings. The van der Waals surface area contributed by atoms with Crippen molar-refractivity contribution in [2.75, 3.05) is 13.6 Å². The lowest BCUT2D eigenvalue weighted by atomic mass is 10.1. The van der Waals surface area contributed by atoms with Crippen molar-refractivity contribution in [3.05, 3.63) is 47.7 Å². The van der Waals surface area contributed by atoms with Gasteiger partial charge in [-0.2, -0.15) is 0 Å². The highest BCUT2D eigenvalue weighted by Gasteiger charge is 2.04. The van der Waals surface area contributed by atoms with E-state index in [0.29, 0.717) is 5.56 Å². The molecule has 0 aliphatic heterocycles. The average molecular weight is 247 g/mol. The second-order valence-corrected chi connectivity index (χ2v) is 4.49. The summed E-state index contributed by atoms with van der Waals surface area (Å²) in [5.74, 6) is -0.880. The van der Waals surface area contributed by atoms with Crippen LogP contribution in [0.3, 0.4) is 0 Å². The minimum Gasteiger partial charge on any atom is -0.478 e. The second-order valence-electron chi connectivity index (χ2n) is 4.49. The van der Waals surface area contributed by atoms with Gasteiger partial charge in [0.2, 0.25) is 0 Å². The first-order valence-electron chi connectivity index (χ1n) is 6.25. The minimum atomic E-state index is -0.880. The van der Waals surface area contributed by atoms with Gasteiger partial charge in [0.1, 0.15) is 0 Å². The quantitative estimate of drug-likeness (QED) is 0.804. The molecule has 0 bridgehead atoms. The van der Waals surface area contributed by atoms with Crippen molar-refractivity contribution in [2.24, 2.45) is 0 Å². The van der Waals surface area contributed by atoms with Gasteiger partial charge in [-0.3, -0.25) is 0 Å². The van der Waals surface area contributed by atoms with Crippen LogP contribution in [0.1, 0.15) is 35.7 Å². The number of rotatable bonds is 7. The van der Waals surface area contributed by atoms with Crippen molar-refractivity contribution in [1.82, 2.24) is 4.90 Å². The maximum atomic E-state index is 10.7. The van der Waals surface area contributed by atoms with E-state index in [2.05, 4.69) is 18.4 Å². The summed E-state index contributed by atoms with van der Waals surface area (Å²) < 4.78 is 0. The Bertz CT molecular complexity index is 409. The van der Waals surface area contributed by atoms with Crippen LogP contribution in [-0.4, -0.2) is 29.6 Å². The lowest BCUT2D eigenvalue weighted by Crippen LogP contribution is -2.20. The van der Waals surface area contributed by atoms with E-state index >= 15 is 0 Å². The molecule has 0 aromatic heterocycles. The molecule has 18 heavy (non-hydrogen) atoms. The maximum absolute atomic E-state index is 10.7. The molecule has 0 amide bonds. The SMILES string of the molecule is C=C(CCC)N(C)CCc1ccc(C(=O)O)cc1. The van der Waals surface area contributed by atoms with E-state index in [1.807, 2.05) is 19.2 Å². The summed E-state index contributed by atoms with van der Waals surface area (Å²) in [6, 6.07) is 7.05. The number of hydrogen-bond acceptors (Lipinski definition) is 2. The average Bonchev–Trinajstić information content (AvgIpc) is 2.36. The van der Waals surface area contributed by atoms with Crippen LogP contribution in [0.4, 0.5) is 0 Å². The van der Waals surface area contributed by atoms with E-state index in [-0.39, 0.29) is 0 Å². The van der Waals surface area contributed by atoms with Crippen LogP contribution in [0.25, 0.3) is 0 Å². The van der Waals surface area contributed by atoms with Gasteiger partial charge in [0.25, 0.3) is 0 Å². The molecule has 98 valence electrons. The first-order chi connectivity index (χ1) is 8.54. The van der Waals surface area contributed by atoms with E-state index in [1.165, 1.54) is 0 Å². The Morgan fingerprint density at radius 3 is 2.44 bits per heavy atom. The molecule has 0 aliphatic rings. The highest BCUT2D eigenvalue weighted by Crippen LogP contribution is 2.10. The normalized spacial score (nSPS) is 10.1. The van der Waals surface area contributed by atoms with Gasteiger partial charge in [-0.15, -0.1) is 0 Å². The molecule has 0 unspecified atom stereocenters. The zero-order chi connectivity index (χ0) is 13.5. The summed E-state index contributed by atoms with van der Waals surface area (Å²) in [6.07, 6.45) is 3.03. The first kappa shape index (κ1) is 14.3. The third-order valence-corrected chi connectivity index (χ3v) is 3.02. The summed E-state index contributed by atoms with van der Waals surface area (Å²) in [5.41, 5.74) is 2.64. The molecular formula is C15H21NO2. The molecule has 3 nitrogen and oxygen atoms in total. The van der Waals surface area contributed by atoms with Gasteiger partial charge >= 0.3 is 5.97 Å². The Labute approximate surface area is 109 Å². The molecule has 1 N–H and O–H groups in total. The predicted molar refractivity (Wildman–Crippen MR) is 73.8 cm³/mol. The van der Waals surface area contributed by atoms with Gasteiger partial charge in [-0.1, -0.05) is 32.1 Å². The van der Waals surface area contributed by atoms with Crippen LogP contribution >= 0.6 is 0 Å². The van der Waals surface area contributed by atoms with Gasteiger partial charge in [-0.25, -0.2) is 4.79 Å². The molecule has 0 aliphatic carbocycles. The van der Waals surface area contributed by atoms with Crippen LogP contribution in [-0.2, 0) is 6.42 Å². The molecule has 0 heterocycles. The Hall–Kier alpha value is -1.77. The number of benzene rings is 1. The van der Waals surface area contributed by atoms with E-state index in [4.69, 9.17) is 5.11 Å². The third-order valence-electron chi connectivity index (χ3n) is 3.02. The molecule has 1 rings (SSSR count). The van der Waals surface area contributed by atoms with Crippen LogP contribution in [0.2, 0.25) is 0 Å². The van der Waals surface area contributed by atoms with E-state index in [1.54, 1.807) is 12.1 Å². The Kier molecular flexibility index (Phi) is 5.43. The van der Waals surface area contributed by atoms with Crippen molar-refractivity contribution in [3.63, 3.8) is 0 Å². The number of aromatic carboxylic acids is 1. The minimum absolute atomic E-state index is 0.336. The first-order valence-corrected chi connectivity index (χ1v) is 6.25. The number of carboxylic acids is 1. The van der Waals surface area contributed by atoms with Crippen LogP contribution in [0.15, 0.2) is 36.5 Å². The van der Waals surface area contributed by atoms with Crippen LogP contribution in [0.5, 0.6) is 0 Å². The van der Waals surface area contributed by atoms with Gasteiger partial charge in [0.05, 0.1) is 5.56 Å². The second kappa shape index (κ2) is 6.84. The number of hydrogen-bond donors (Lipinski definition) is 1. The van der Waals surface area contributed by atoms with Crippen molar-refractivity contribution in [2.45, 2.75) is 26.2 Å². The Morgan fingerprint density at radius 1 is 1.33 bits per heavy atom. The monoisotopic (exact) mass is 247 g/mol. The van der Waals surface area contributed by atoms with E-state index in [0.717, 1.165) is 37.1 Å². The fourth-order valence-electron chi connectivity index (χ4n) is 1.75. The number of carbonyl (C=O) groups is 1. The molecule has 0 saturated carbocycles. The number of carboxylic acid groups (broad SMARTS) is 1. The van der Waals surface area contributed by atoms with Crippen molar-refractivity contribution in [3.8, 4) is 0 Å². The smallest absolute Gasteiger partial charge is 0.335 e. The molecule has 0 spiro atoms. The highest BCUT2D eigenvalue weighted by atomic mass is 16.4. The maximum Gasteiger partial charge on any atom is 0.335 e. The van der Waals surface area contributed by atoms with E-state index in [9.17, 15) is 4.79 Å². The standard InChI is InChI=1S/C15H21NO2/c1-4-5-12(2)16(3)11-10-13-6-8-14(9-7-13)15(17)18/h6-9H,2,4-5,10-11H2,1,3H3,(H,17,18). The molecule has 3 heteroatoms. The zero-order valence-corrected chi connectivity index (χ0v) is 11.1. The van der Waals surface area contributed by atoms with Gasteiger partial charge < -0.3 is 10.0 Å². The Balaban J connectivity index is 2.48. The summed E-state index contributed by atoms with van der Waals surface area (Å²) in [4.78, 5) is 12.9. The molecule has 0 saturated heterocycles. The van der Waals surface area contributed by atoms with Crippen molar-refractivity contribution < 1.29 is 9.90 Å².